The van der Waals surface area contributed by atoms with Gasteiger partial charge in [0.2, 0.25) is 0 Å². The average Bonchev–Trinajstić information content (AvgIpc) is 2.47. The van der Waals surface area contributed by atoms with E-state index in [2.05, 4.69) is 31.9 Å². The van der Waals surface area contributed by atoms with Gasteiger partial charge in [0.05, 0.1) is 20.6 Å². The van der Waals surface area contributed by atoms with Crippen LogP contribution in [0, 0.1) is 17.1 Å². The highest BCUT2D eigenvalue weighted by atomic mass is 79.9. The van der Waals surface area contributed by atoms with E-state index < -0.39 is 5.82 Å². The predicted octanol–water partition coefficient (Wildman–Crippen LogP) is 4.26. The van der Waals surface area contributed by atoms with Crippen molar-refractivity contribution in [1.82, 2.24) is 0 Å². The second kappa shape index (κ2) is 7.03. The number of ether oxygens (including phenoxy) is 1. The highest BCUT2D eigenvalue weighted by Gasteiger charge is 2.11. The van der Waals surface area contributed by atoms with Crippen molar-refractivity contribution in [3.63, 3.8) is 0 Å². The zero-order valence-corrected chi connectivity index (χ0v) is 14.0. The van der Waals surface area contributed by atoms with Crippen LogP contribution in [0.15, 0.2) is 39.3 Å². The van der Waals surface area contributed by atoms with E-state index in [-0.39, 0.29) is 12.2 Å². The molecule has 0 saturated carbocycles. The normalized spacial score (nSPS) is 10.2. The summed E-state index contributed by atoms with van der Waals surface area (Å²) in [5.41, 5.74) is 7.21. The van der Waals surface area contributed by atoms with E-state index in [4.69, 9.17) is 15.7 Å². The fourth-order valence-electron chi connectivity index (χ4n) is 1.75. The quantitative estimate of drug-likeness (QED) is 0.814. The summed E-state index contributed by atoms with van der Waals surface area (Å²) in [4.78, 5) is 0. The molecule has 0 atom stereocenters. The summed E-state index contributed by atoms with van der Waals surface area (Å²) in [6.45, 7) is 0.485. The molecule has 2 aromatic rings. The number of nitrogens with zero attached hydrogens (tertiary/aromatic N) is 1. The molecular weight excluding hydrogens is 403 g/mol. The second-order valence-corrected chi connectivity index (χ2v) is 6.01. The van der Waals surface area contributed by atoms with Crippen LogP contribution in [0.4, 0.5) is 4.39 Å². The Bertz CT molecular complexity index is 690. The van der Waals surface area contributed by atoms with Crippen LogP contribution in [0.5, 0.6) is 5.75 Å². The third-order valence-electron chi connectivity index (χ3n) is 2.85. The van der Waals surface area contributed by atoms with Crippen LogP contribution in [-0.4, -0.2) is 0 Å². The molecular formula is C15H11Br2FN2O. The molecule has 0 aromatic heterocycles. The molecule has 21 heavy (non-hydrogen) atoms. The lowest BCUT2D eigenvalue weighted by Gasteiger charge is -2.12. The highest BCUT2D eigenvalue weighted by Crippen LogP contribution is 2.35. The van der Waals surface area contributed by atoms with Crippen molar-refractivity contribution < 1.29 is 9.13 Å². The maximum Gasteiger partial charge on any atom is 0.148 e. The molecule has 0 heterocycles. The van der Waals surface area contributed by atoms with Gasteiger partial charge in [-0.05, 0) is 61.7 Å². The van der Waals surface area contributed by atoms with Crippen LogP contribution >= 0.6 is 31.9 Å². The minimum Gasteiger partial charge on any atom is -0.486 e. The Morgan fingerprint density at radius 1 is 1.19 bits per heavy atom. The highest BCUT2D eigenvalue weighted by molar-refractivity contribution is 9.11. The zero-order chi connectivity index (χ0) is 15.4. The first-order chi connectivity index (χ1) is 10.0. The van der Waals surface area contributed by atoms with Crippen LogP contribution in [0.25, 0.3) is 0 Å². The molecule has 0 amide bonds. The van der Waals surface area contributed by atoms with E-state index in [1.807, 2.05) is 18.2 Å². The molecule has 2 N–H and O–H groups in total. The van der Waals surface area contributed by atoms with Crippen LogP contribution in [-0.2, 0) is 13.2 Å². The number of hydrogen-bond donors (Lipinski definition) is 1. The van der Waals surface area contributed by atoms with E-state index in [0.29, 0.717) is 17.9 Å². The van der Waals surface area contributed by atoms with Crippen molar-refractivity contribution in [1.29, 1.82) is 5.26 Å². The minimum atomic E-state index is -0.458. The molecule has 2 aromatic carbocycles. The summed E-state index contributed by atoms with van der Waals surface area (Å²) in [6.07, 6.45) is 0. The predicted molar refractivity (Wildman–Crippen MR) is 85.2 cm³/mol. The van der Waals surface area contributed by atoms with Gasteiger partial charge >= 0.3 is 0 Å². The van der Waals surface area contributed by atoms with Gasteiger partial charge in [-0.1, -0.05) is 6.07 Å². The van der Waals surface area contributed by atoms with Gasteiger partial charge in [-0.25, -0.2) is 4.39 Å². The molecule has 0 unspecified atom stereocenters. The Kier molecular flexibility index (Phi) is 5.34. The maximum absolute atomic E-state index is 13.8. The van der Waals surface area contributed by atoms with Gasteiger partial charge in [-0.2, -0.15) is 5.26 Å². The zero-order valence-electron chi connectivity index (χ0n) is 10.9. The van der Waals surface area contributed by atoms with E-state index in [9.17, 15) is 4.39 Å². The lowest BCUT2D eigenvalue weighted by molar-refractivity contribution is 0.296. The number of benzene rings is 2. The van der Waals surface area contributed by atoms with E-state index in [0.717, 1.165) is 14.5 Å². The summed E-state index contributed by atoms with van der Waals surface area (Å²) in [6, 6.07) is 9.90. The van der Waals surface area contributed by atoms with E-state index in [1.54, 1.807) is 12.1 Å². The Morgan fingerprint density at radius 2 is 1.86 bits per heavy atom. The lowest BCUT2D eigenvalue weighted by Crippen LogP contribution is -2.02. The molecule has 0 aliphatic carbocycles. The fraction of sp³-hybridized carbons (Fsp3) is 0.133. The first-order valence-corrected chi connectivity index (χ1v) is 7.63. The number of hydrogen-bond acceptors (Lipinski definition) is 3. The van der Waals surface area contributed by atoms with Crippen LogP contribution in [0.3, 0.4) is 0 Å². The lowest BCUT2D eigenvalue weighted by atomic mass is 10.1. The maximum atomic E-state index is 13.8. The molecule has 0 saturated heterocycles. The molecule has 108 valence electrons. The summed E-state index contributed by atoms with van der Waals surface area (Å²) in [5.74, 6) is 0.121. The van der Waals surface area contributed by atoms with Crippen LogP contribution in [0.1, 0.15) is 16.7 Å². The molecule has 0 aliphatic rings. The largest absolute Gasteiger partial charge is 0.486 e. The summed E-state index contributed by atoms with van der Waals surface area (Å²) in [5, 5.41) is 8.71. The van der Waals surface area contributed by atoms with Gasteiger partial charge in [0.15, 0.2) is 0 Å². The van der Waals surface area contributed by atoms with Gasteiger partial charge in [-0.15, -0.1) is 0 Å². The van der Waals surface area contributed by atoms with Gasteiger partial charge < -0.3 is 10.5 Å². The van der Waals surface area contributed by atoms with Crippen molar-refractivity contribution in [3.8, 4) is 11.8 Å². The average molecular weight is 414 g/mol. The molecule has 0 spiro atoms. The molecule has 0 bridgehead atoms. The SMILES string of the molecule is N#Cc1ccc(COc2c(Br)cc(CN)cc2Br)c(F)c1. The monoisotopic (exact) mass is 412 g/mol. The molecule has 0 fully saturated rings. The van der Waals surface area contributed by atoms with Crippen molar-refractivity contribution in [2.24, 2.45) is 5.73 Å². The van der Waals surface area contributed by atoms with Gasteiger partial charge in [-0.3, -0.25) is 0 Å². The van der Waals surface area contributed by atoms with E-state index in [1.165, 1.54) is 6.07 Å². The van der Waals surface area contributed by atoms with Crippen molar-refractivity contribution >= 4 is 31.9 Å². The van der Waals surface area contributed by atoms with Crippen molar-refractivity contribution in [2.75, 3.05) is 0 Å². The second-order valence-electron chi connectivity index (χ2n) is 4.30. The summed E-state index contributed by atoms with van der Waals surface area (Å²) in [7, 11) is 0. The Hall–Kier alpha value is -1.42. The minimum absolute atomic E-state index is 0.0662. The Labute approximate surface area is 138 Å². The van der Waals surface area contributed by atoms with Crippen molar-refractivity contribution in [3.05, 3.63) is 61.8 Å². The molecule has 3 nitrogen and oxygen atoms in total. The number of nitrogens with two attached hydrogens (primary N) is 1. The first-order valence-electron chi connectivity index (χ1n) is 6.04. The van der Waals surface area contributed by atoms with Gasteiger partial charge in [0.1, 0.15) is 18.2 Å². The fourth-order valence-corrected chi connectivity index (χ4v) is 3.26. The molecule has 6 heteroatoms. The summed E-state index contributed by atoms with van der Waals surface area (Å²) >= 11 is 6.81. The van der Waals surface area contributed by atoms with Crippen LogP contribution in [0.2, 0.25) is 0 Å². The topological polar surface area (TPSA) is 59.0 Å². The first kappa shape index (κ1) is 16.0. The van der Waals surface area contributed by atoms with Crippen LogP contribution < -0.4 is 10.5 Å². The molecule has 2 rings (SSSR count). The van der Waals surface area contributed by atoms with Gasteiger partial charge in [0, 0.05) is 12.1 Å². The smallest absolute Gasteiger partial charge is 0.148 e. The van der Waals surface area contributed by atoms with Crippen molar-refractivity contribution in [2.45, 2.75) is 13.2 Å². The summed E-state index contributed by atoms with van der Waals surface area (Å²) < 4.78 is 20.9. The Balaban J connectivity index is 2.19. The molecule has 0 aliphatic heterocycles. The number of rotatable bonds is 4. The number of halogens is 3. The third kappa shape index (κ3) is 3.82. The van der Waals surface area contributed by atoms with E-state index >= 15 is 0 Å². The Morgan fingerprint density at radius 3 is 2.38 bits per heavy atom. The number of nitriles is 1. The third-order valence-corrected chi connectivity index (χ3v) is 4.03. The standard InChI is InChI=1S/C15H11Br2FN2O/c16-12-3-10(7-20)4-13(17)15(12)21-8-11-2-1-9(6-19)5-14(11)18/h1-5H,7-8,20H2. The van der Waals surface area contributed by atoms with Gasteiger partial charge in [0.25, 0.3) is 0 Å². The molecule has 0 radical (unpaired) electrons.